The molecule has 2 rings (SSSR count). The SMILES string of the molecule is NCCc1csc(CC2CCCNC2)n1. The van der Waals surface area contributed by atoms with Crippen molar-refractivity contribution in [3.05, 3.63) is 16.1 Å². The highest BCUT2D eigenvalue weighted by Crippen LogP contribution is 2.19. The van der Waals surface area contributed by atoms with Crippen molar-refractivity contribution in [3.8, 4) is 0 Å². The van der Waals surface area contributed by atoms with Crippen molar-refractivity contribution in [1.29, 1.82) is 0 Å². The lowest BCUT2D eigenvalue weighted by Crippen LogP contribution is -2.30. The number of rotatable bonds is 4. The largest absolute Gasteiger partial charge is 0.330 e. The summed E-state index contributed by atoms with van der Waals surface area (Å²) in [6, 6.07) is 0. The van der Waals surface area contributed by atoms with Gasteiger partial charge >= 0.3 is 0 Å². The molecule has 0 bridgehead atoms. The predicted molar refractivity (Wildman–Crippen MR) is 64.2 cm³/mol. The summed E-state index contributed by atoms with van der Waals surface area (Å²) in [5.74, 6) is 0.788. The molecule has 1 unspecified atom stereocenters. The van der Waals surface area contributed by atoms with Crippen molar-refractivity contribution in [3.63, 3.8) is 0 Å². The van der Waals surface area contributed by atoms with E-state index in [2.05, 4.69) is 15.7 Å². The highest BCUT2D eigenvalue weighted by molar-refractivity contribution is 7.09. The minimum atomic E-state index is 0.703. The van der Waals surface area contributed by atoms with Gasteiger partial charge in [0.05, 0.1) is 10.7 Å². The Morgan fingerprint density at radius 2 is 2.53 bits per heavy atom. The number of thiazole rings is 1. The number of aromatic nitrogens is 1. The van der Waals surface area contributed by atoms with Crippen LogP contribution in [0, 0.1) is 5.92 Å². The van der Waals surface area contributed by atoms with Gasteiger partial charge in [-0.25, -0.2) is 4.98 Å². The molecule has 1 aromatic heterocycles. The Hall–Kier alpha value is -0.450. The van der Waals surface area contributed by atoms with E-state index in [9.17, 15) is 0 Å². The van der Waals surface area contributed by atoms with Crippen molar-refractivity contribution in [2.24, 2.45) is 11.7 Å². The number of hydrogen-bond acceptors (Lipinski definition) is 4. The Labute approximate surface area is 95.1 Å². The van der Waals surface area contributed by atoms with Crippen LogP contribution in [0.5, 0.6) is 0 Å². The van der Waals surface area contributed by atoms with Crippen LogP contribution in [0.15, 0.2) is 5.38 Å². The molecule has 0 amide bonds. The molecule has 0 spiro atoms. The normalized spacial score (nSPS) is 21.8. The van der Waals surface area contributed by atoms with Crippen LogP contribution < -0.4 is 11.1 Å². The molecular formula is C11H19N3S. The minimum Gasteiger partial charge on any atom is -0.330 e. The van der Waals surface area contributed by atoms with E-state index in [1.165, 1.54) is 30.1 Å². The van der Waals surface area contributed by atoms with E-state index in [0.717, 1.165) is 25.3 Å². The average molecular weight is 225 g/mol. The number of piperidine rings is 1. The van der Waals surface area contributed by atoms with Gasteiger partial charge in [-0.2, -0.15) is 0 Å². The summed E-state index contributed by atoms with van der Waals surface area (Å²) in [6.45, 7) is 3.05. The number of hydrogen-bond donors (Lipinski definition) is 2. The quantitative estimate of drug-likeness (QED) is 0.809. The second-order valence-corrected chi connectivity index (χ2v) is 5.13. The number of nitrogens with zero attached hydrogens (tertiary/aromatic N) is 1. The third-order valence-corrected chi connectivity index (χ3v) is 3.78. The summed E-state index contributed by atoms with van der Waals surface area (Å²) in [5.41, 5.74) is 6.68. The first-order valence-corrected chi connectivity index (χ1v) is 6.60. The molecule has 1 fully saturated rings. The van der Waals surface area contributed by atoms with Gasteiger partial charge in [0.2, 0.25) is 0 Å². The maximum absolute atomic E-state index is 5.51. The van der Waals surface area contributed by atoms with Gasteiger partial charge in [-0.15, -0.1) is 11.3 Å². The highest BCUT2D eigenvalue weighted by Gasteiger charge is 2.15. The van der Waals surface area contributed by atoms with E-state index in [1.807, 2.05) is 0 Å². The van der Waals surface area contributed by atoms with Crippen LogP contribution in [0.25, 0.3) is 0 Å². The summed E-state index contributed by atoms with van der Waals surface area (Å²) in [5, 5.41) is 6.88. The average Bonchev–Trinajstić information content (AvgIpc) is 2.68. The van der Waals surface area contributed by atoms with Gasteiger partial charge in [0.15, 0.2) is 0 Å². The van der Waals surface area contributed by atoms with Gasteiger partial charge in [0, 0.05) is 18.2 Å². The van der Waals surface area contributed by atoms with Gasteiger partial charge in [-0.3, -0.25) is 0 Å². The monoisotopic (exact) mass is 225 g/mol. The van der Waals surface area contributed by atoms with Crippen molar-refractivity contribution >= 4 is 11.3 Å². The molecule has 1 aliphatic heterocycles. The molecule has 1 saturated heterocycles. The molecule has 2 heterocycles. The number of nitrogens with two attached hydrogens (primary N) is 1. The zero-order chi connectivity index (χ0) is 10.5. The standard InChI is InChI=1S/C11H19N3S/c12-4-3-10-8-15-11(14-10)6-9-2-1-5-13-7-9/h8-9,13H,1-7,12H2. The van der Waals surface area contributed by atoms with E-state index in [-0.39, 0.29) is 0 Å². The van der Waals surface area contributed by atoms with Crippen LogP contribution in [0.2, 0.25) is 0 Å². The summed E-state index contributed by atoms with van der Waals surface area (Å²) in [7, 11) is 0. The Kier molecular flexibility index (Phi) is 4.11. The molecule has 0 aromatic carbocycles. The van der Waals surface area contributed by atoms with Gasteiger partial charge in [0.25, 0.3) is 0 Å². The molecule has 1 aromatic rings. The fraction of sp³-hybridized carbons (Fsp3) is 0.727. The van der Waals surface area contributed by atoms with E-state index >= 15 is 0 Å². The van der Waals surface area contributed by atoms with Crippen LogP contribution in [-0.2, 0) is 12.8 Å². The molecule has 1 aliphatic rings. The summed E-state index contributed by atoms with van der Waals surface area (Å²) in [6.07, 6.45) is 4.71. The lowest BCUT2D eigenvalue weighted by molar-refractivity contribution is 0.375. The third-order valence-electron chi connectivity index (χ3n) is 2.86. The molecule has 0 radical (unpaired) electrons. The lowest BCUT2D eigenvalue weighted by Gasteiger charge is -2.21. The first kappa shape index (κ1) is 11.0. The fourth-order valence-electron chi connectivity index (χ4n) is 2.05. The highest BCUT2D eigenvalue weighted by atomic mass is 32.1. The zero-order valence-electron chi connectivity index (χ0n) is 9.04. The first-order valence-electron chi connectivity index (χ1n) is 5.72. The third kappa shape index (κ3) is 3.26. The number of nitrogens with one attached hydrogen (secondary N) is 1. The molecule has 3 N–H and O–H groups in total. The van der Waals surface area contributed by atoms with Gasteiger partial charge in [-0.05, 0) is 38.4 Å². The van der Waals surface area contributed by atoms with E-state index in [4.69, 9.17) is 5.73 Å². The van der Waals surface area contributed by atoms with Crippen molar-refractivity contribution in [1.82, 2.24) is 10.3 Å². The van der Waals surface area contributed by atoms with Crippen molar-refractivity contribution < 1.29 is 0 Å². The van der Waals surface area contributed by atoms with Crippen LogP contribution in [0.4, 0.5) is 0 Å². The summed E-state index contributed by atoms with van der Waals surface area (Å²) < 4.78 is 0. The molecular weight excluding hydrogens is 206 g/mol. The Balaban J connectivity index is 1.86. The maximum Gasteiger partial charge on any atom is 0.0931 e. The predicted octanol–water partition coefficient (Wildman–Crippen LogP) is 1.19. The molecule has 1 atom stereocenters. The van der Waals surface area contributed by atoms with E-state index < -0.39 is 0 Å². The molecule has 15 heavy (non-hydrogen) atoms. The van der Waals surface area contributed by atoms with Gasteiger partial charge in [0.1, 0.15) is 0 Å². The molecule has 0 saturated carbocycles. The Morgan fingerprint density at radius 1 is 1.60 bits per heavy atom. The molecule has 84 valence electrons. The minimum absolute atomic E-state index is 0.703. The first-order chi connectivity index (χ1) is 7.38. The van der Waals surface area contributed by atoms with Crippen LogP contribution in [-0.4, -0.2) is 24.6 Å². The van der Waals surface area contributed by atoms with Crippen LogP contribution in [0.1, 0.15) is 23.5 Å². The molecule has 3 nitrogen and oxygen atoms in total. The van der Waals surface area contributed by atoms with Crippen molar-refractivity contribution in [2.75, 3.05) is 19.6 Å². The maximum atomic E-state index is 5.51. The van der Waals surface area contributed by atoms with E-state index in [1.54, 1.807) is 11.3 Å². The Morgan fingerprint density at radius 3 is 3.27 bits per heavy atom. The molecule has 4 heteroatoms. The Bertz CT molecular complexity index is 292. The van der Waals surface area contributed by atoms with Crippen LogP contribution in [0.3, 0.4) is 0 Å². The second-order valence-electron chi connectivity index (χ2n) is 4.19. The zero-order valence-corrected chi connectivity index (χ0v) is 9.85. The smallest absolute Gasteiger partial charge is 0.0931 e. The second kappa shape index (κ2) is 5.58. The van der Waals surface area contributed by atoms with Gasteiger partial charge < -0.3 is 11.1 Å². The lowest BCUT2D eigenvalue weighted by atomic mass is 9.97. The summed E-state index contributed by atoms with van der Waals surface area (Å²) in [4.78, 5) is 4.60. The molecule has 0 aliphatic carbocycles. The topological polar surface area (TPSA) is 50.9 Å². The van der Waals surface area contributed by atoms with Gasteiger partial charge in [-0.1, -0.05) is 0 Å². The fourth-order valence-corrected chi connectivity index (χ4v) is 3.00. The van der Waals surface area contributed by atoms with Crippen LogP contribution >= 0.6 is 11.3 Å². The van der Waals surface area contributed by atoms with Crippen molar-refractivity contribution in [2.45, 2.75) is 25.7 Å². The van der Waals surface area contributed by atoms with E-state index in [0.29, 0.717) is 6.54 Å². The summed E-state index contributed by atoms with van der Waals surface area (Å²) >= 11 is 1.79.